The van der Waals surface area contributed by atoms with E-state index >= 15 is 0 Å². The molecule has 2 amide bonds. The Morgan fingerprint density at radius 2 is 1.92 bits per heavy atom. The number of fused-ring (bicyclic) bond motifs is 4. The van der Waals surface area contributed by atoms with Crippen molar-refractivity contribution in [1.82, 2.24) is 19.8 Å². The lowest BCUT2D eigenvalue weighted by atomic mass is 9.68. The monoisotopic (exact) mass is 488 g/mol. The predicted octanol–water partition coefficient (Wildman–Crippen LogP) is 3.42. The second-order valence-electron chi connectivity index (χ2n) is 10.5. The Morgan fingerprint density at radius 1 is 1.17 bits per heavy atom. The van der Waals surface area contributed by atoms with Crippen LogP contribution < -0.4 is 4.74 Å². The van der Waals surface area contributed by atoms with E-state index in [4.69, 9.17) is 4.74 Å². The van der Waals surface area contributed by atoms with Crippen LogP contribution in [0.2, 0.25) is 0 Å². The van der Waals surface area contributed by atoms with Gasteiger partial charge in [-0.1, -0.05) is 0 Å². The maximum absolute atomic E-state index is 13.7. The van der Waals surface area contributed by atoms with Crippen LogP contribution in [0, 0.1) is 5.92 Å². The number of carbonyl (C=O) groups is 2. The molecule has 1 saturated heterocycles. The van der Waals surface area contributed by atoms with Crippen LogP contribution in [0.25, 0.3) is 10.9 Å². The van der Waals surface area contributed by atoms with E-state index in [1.54, 1.807) is 31.6 Å². The van der Waals surface area contributed by atoms with E-state index in [9.17, 15) is 14.7 Å². The molecule has 0 unspecified atom stereocenters. The molecule has 2 fully saturated rings. The van der Waals surface area contributed by atoms with Crippen molar-refractivity contribution in [3.05, 3.63) is 59.5 Å². The number of benzene rings is 1. The zero-order valence-corrected chi connectivity index (χ0v) is 20.6. The first-order valence-electron chi connectivity index (χ1n) is 12.8. The zero-order valence-electron chi connectivity index (χ0n) is 20.6. The van der Waals surface area contributed by atoms with Gasteiger partial charge in [0, 0.05) is 72.1 Å². The quantitative estimate of drug-likeness (QED) is 0.574. The van der Waals surface area contributed by atoms with Crippen molar-refractivity contribution in [2.75, 3.05) is 33.4 Å². The summed E-state index contributed by atoms with van der Waals surface area (Å²) in [5, 5.41) is 11.6. The number of methoxy groups -OCH3 is 1. The first-order valence-corrected chi connectivity index (χ1v) is 12.8. The first-order chi connectivity index (χ1) is 17.5. The van der Waals surface area contributed by atoms with Gasteiger partial charge in [0.25, 0.3) is 5.91 Å². The Morgan fingerprint density at radius 3 is 2.58 bits per heavy atom. The van der Waals surface area contributed by atoms with Crippen molar-refractivity contribution in [1.29, 1.82) is 0 Å². The van der Waals surface area contributed by atoms with Crippen LogP contribution in [0.5, 0.6) is 5.75 Å². The minimum absolute atomic E-state index is 0.120. The van der Waals surface area contributed by atoms with Crippen molar-refractivity contribution in [2.24, 2.45) is 5.92 Å². The topological polar surface area (TPSA) is 98.8 Å². The number of nitrogens with one attached hydrogen (secondary N) is 1. The highest BCUT2D eigenvalue weighted by Gasteiger charge is 2.49. The van der Waals surface area contributed by atoms with Crippen molar-refractivity contribution < 1.29 is 19.4 Å². The van der Waals surface area contributed by atoms with Crippen molar-refractivity contribution in [3.63, 3.8) is 0 Å². The standard InChI is InChI=1S/C28H32N4O4/c1-36-20-4-5-21-22(15-20)30-26-23(16-33)32(27(35)19-6-10-29-11-7-19)17-28(25(21)26)8-12-31(13-9-28)24(34)14-18-2-3-18/h4-7,10-11,15,18,23,30,33H,2-3,8-9,12-14,16-17H2,1H3/t23-/m1/s1. The molecule has 6 rings (SSSR count). The number of H-pyrrole nitrogens is 1. The Hall–Kier alpha value is -3.39. The van der Waals surface area contributed by atoms with Crippen LogP contribution in [0.1, 0.15) is 59.8 Å². The minimum Gasteiger partial charge on any atom is -0.497 e. The molecule has 2 N–H and O–H groups in total. The van der Waals surface area contributed by atoms with Gasteiger partial charge in [-0.3, -0.25) is 14.6 Å². The maximum Gasteiger partial charge on any atom is 0.254 e. The van der Waals surface area contributed by atoms with Gasteiger partial charge < -0.3 is 24.6 Å². The molecule has 0 radical (unpaired) electrons. The Labute approximate surface area is 210 Å². The van der Waals surface area contributed by atoms with E-state index in [1.807, 2.05) is 21.9 Å². The van der Waals surface area contributed by atoms with Crippen molar-refractivity contribution >= 4 is 22.7 Å². The Kier molecular flexibility index (Phi) is 5.71. The van der Waals surface area contributed by atoms with Crippen LogP contribution in [0.4, 0.5) is 0 Å². The number of piperidine rings is 1. The molecule has 2 aromatic heterocycles. The summed E-state index contributed by atoms with van der Waals surface area (Å²) in [6, 6.07) is 8.95. The van der Waals surface area contributed by atoms with Gasteiger partial charge in [-0.15, -0.1) is 0 Å². The van der Waals surface area contributed by atoms with Crippen LogP contribution >= 0.6 is 0 Å². The highest BCUT2D eigenvalue weighted by Crippen LogP contribution is 2.49. The molecule has 1 aromatic carbocycles. The van der Waals surface area contributed by atoms with Gasteiger partial charge in [-0.25, -0.2) is 0 Å². The number of aromatic amines is 1. The van der Waals surface area contributed by atoms with Gasteiger partial charge in [-0.05, 0) is 61.4 Å². The number of pyridine rings is 1. The summed E-state index contributed by atoms with van der Waals surface area (Å²) in [5.74, 6) is 1.45. The molecule has 188 valence electrons. The van der Waals surface area contributed by atoms with Gasteiger partial charge in [0.2, 0.25) is 5.91 Å². The molecule has 0 bridgehead atoms. The molecule has 2 aliphatic heterocycles. The summed E-state index contributed by atoms with van der Waals surface area (Å²) in [5.41, 5.74) is 3.23. The summed E-state index contributed by atoms with van der Waals surface area (Å²) < 4.78 is 5.45. The van der Waals surface area contributed by atoms with Gasteiger partial charge in [-0.2, -0.15) is 0 Å². The van der Waals surface area contributed by atoms with Crippen LogP contribution in [-0.2, 0) is 10.2 Å². The third-order valence-corrected chi connectivity index (χ3v) is 8.34. The number of rotatable bonds is 5. The SMILES string of the molecule is COc1ccc2c3c([nH]c2c1)[C@@H](CO)N(C(=O)c1ccncc1)CC31CCN(C(=O)CC2CC2)CC1. The lowest BCUT2D eigenvalue weighted by Gasteiger charge is -2.50. The van der Waals surface area contributed by atoms with Gasteiger partial charge in [0.1, 0.15) is 5.75 Å². The molecular weight excluding hydrogens is 456 g/mol. The second-order valence-corrected chi connectivity index (χ2v) is 10.5. The fourth-order valence-corrected chi connectivity index (χ4v) is 6.17. The number of likely N-dealkylation sites (tertiary alicyclic amines) is 1. The fraction of sp³-hybridized carbons (Fsp3) is 0.464. The van der Waals surface area contributed by atoms with Crippen LogP contribution in [0.3, 0.4) is 0 Å². The molecule has 1 saturated carbocycles. The summed E-state index contributed by atoms with van der Waals surface area (Å²) in [6.45, 7) is 1.66. The third-order valence-electron chi connectivity index (χ3n) is 8.34. The Bertz CT molecular complexity index is 1290. The van der Waals surface area contributed by atoms with Crippen LogP contribution in [0.15, 0.2) is 42.7 Å². The van der Waals surface area contributed by atoms with Gasteiger partial charge in [0.05, 0.1) is 19.8 Å². The fourth-order valence-electron chi connectivity index (χ4n) is 6.17. The van der Waals surface area contributed by atoms with E-state index in [0.29, 0.717) is 37.5 Å². The number of aromatic nitrogens is 2. The number of aliphatic hydroxyl groups excluding tert-OH is 1. The number of amides is 2. The molecule has 1 atom stereocenters. The number of aliphatic hydroxyl groups is 1. The summed E-state index contributed by atoms with van der Waals surface area (Å²) in [4.78, 5) is 38.0. The second kappa shape index (κ2) is 8.92. The number of nitrogens with zero attached hydrogens (tertiary/aromatic N) is 3. The first kappa shape index (κ1) is 23.0. The largest absolute Gasteiger partial charge is 0.497 e. The average Bonchev–Trinajstić information content (AvgIpc) is 3.65. The molecule has 8 nitrogen and oxygen atoms in total. The van der Waals surface area contributed by atoms with E-state index in [-0.39, 0.29) is 23.8 Å². The number of ether oxygens (including phenoxy) is 1. The number of hydrogen-bond acceptors (Lipinski definition) is 5. The number of carbonyl (C=O) groups excluding carboxylic acids is 2. The molecule has 8 heteroatoms. The van der Waals surface area contributed by atoms with Crippen molar-refractivity contribution in [2.45, 2.75) is 43.6 Å². The summed E-state index contributed by atoms with van der Waals surface area (Å²) in [6.07, 6.45) is 7.77. The van der Waals surface area contributed by atoms with Crippen molar-refractivity contribution in [3.8, 4) is 5.75 Å². The molecule has 4 heterocycles. The van der Waals surface area contributed by atoms with E-state index in [0.717, 1.165) is 35.2 Å². The molecule has 36 heavy (non-hydrogen) atoms. The lowest BCUT2D eigenvalue weighted by molar-refractivity contribution is -0.133. The normalized spacial score (nSPS) is 21.0. The molecular formula is C28H32N4O4. The highest BCUT2D eigenvalue weighted by molar-refractivity contribution is 5.95. The van der Waals surface area contributed by atoms with E-state index in [1.165, 1.54) is 18.4 Å². The van der Waals surface area contributed by atoms with E-state index < -0.39 is 6.04 Å². The highest BCUT2D eigenvalue weighted by atomic mass is 16.5. The van der Waals surface area contributed by atoms with E-state index in [2.05, 4.69) is 16.0 Å². The minimum atomic E-state index is -0.487. The third kappa shape index (κ3) is 3.84. The Balaban J connectivity index is 1.41. The maximum atomic E-state index is 13.7. The zero-order chi connectivity index (χ0) is 24.9. The molecule has 3 aromatic rings. The smallest absolute Gasteiger partial charge is 0.254 e. The molecule has 1 aliphatic carbocycles. The van der Waals surface area contributed by atoms with Gasteiger partial charge >= 0.3 is 0 Å². The number of hydrogen-bond donors (Lipinski definition) is 2. The van der Waals surface area contributed by atoms with Gasteiger partial charge in [0.15, 0.2) is 0 Å². The lowest BCUT2D eigenvalue weighted by Crippen LogP contribution is -2.55. The predicted molar refractivity (Wildman–Crippen MR) is 135 cm³/mol. The van der Waals surface area contributed by atoms with Crippen LogP contribution in [-0.4, -0.2) is 70.0 Å². The molecule has 1 spiro atoms. The summed E-state index contributed by atoms with van der Waals surface area (Å²) in [7, 11) is 1.64. The average molecular weight is 489 g/mol. The summed E-state index contributed by atoms with van der Waals surface area (Å²) >= 11 is 0. The molecule has 3 aliphatic rings.